The molecule has 4 rings (SSSR count). The highest BCUT2D eigenvalue weighted by atomic mass is 19.1. The van der Waals surface area contributed by atoms with Crippen molar-refractivity contribution in [1.82, 2.24) is 20.4 Å². The maximum atomic E-state index is 13.4. The Morgan fingerprint density at radius 1 is 1.03 bits per heavy atom. The normalized spacial score (nSPS) is 17.2. The highest BCUT2D eigenvalue weighted by Gasteiger charge is 2.50. The molecular formula is C27H27FN4O4. The van der Waals surface area contributed by atoms with Crippen molar-refractivity contribution in [1.29, 1.82) is 0 Å². The fraction of sp³-hybridized carbons (Fsp3) is 0.259. The molecule has 3 aromatic carbocycles. The minimum Gasteiger partial charge on any atom is -0.350 e. The van der Waals surface area contributed by atoms with Crippen molar-refractivity contribution in [2.45, 2.75) is 25.9 Å². The largest absolute Gasteiger partial charge is 0.350 e. The first-order valence-electron chi connectivity index (χ1n) is 11.6. The molecule has 0 saturated carbocycles. The zero-order chi connectivity index (χ0) is 25.9. The number of imide groups is 1. The van der Waals surface area contributed by atoms with Crippen molar-refractivity contribution in [3.8, 4) is 0 Å². The number of nitrogens with one attached hydrogen (secondary N) is 2. The Morgan fingerprint density at radius 2 is 1.72 bits per heavy atom. The number of carbonyl (C=O) groups is 4. The first-order chi connectivity index (χ1) is 17.2. The molecule has 8 nitrogen and oxygen atoms in total. The van der Waals surface area contributed by atoms with Gasteiger partial charge >= 0.3 is 6.03 Å². The van der Waals surface area contributed by atoms with E-state index in [1.54, 1.807) is 32.0 Å². The number of benzene rings is 3. The van der Waals surface area contributed by atoms with Crippen LogP contribution in [0.2, 0.25) is 0 Å². The van der Waals surface area contributed by atoms with Crippen LogP contribution in [0.5, 0.6) is 0 Å². The lowest BCUT2D eigenvalue weighted by atomic mass is 9.88. The van der Waals surface area contributed by atoms with E-state index in [1.165, 1.54) is 17.0 Å². The van der Waals surface area contributed by atoms with E-state index in [-0.39, 0.29) is 25.5 Å². The summed E-state index contributed by atoms with van der Waals surface area (Å²) in [6, 6.07) is 18.1. The molecule has 1 heterocycles. The highest BCUT2D eigenvalue weighted by Crippen LogP contribution is 2.33. The summed E-state index contributed by atoms with van der Waals surface area (Å²) in [6.07, 6.45) is 0. The number of rotatable bonds is 8. The molecule has 1 aliphatic heterocycles. The Balaban J connectivity index is 1.42. The maximum absolute atomic E-state index is 13.4. The fourth-order valence-electron chi connectivity index (χ4n) is 4.33. The number of likely N-dealkylation sites (N-methyl/N-ethyl adjacent to an activating group) is 1. The first kappa shape index (κ1) is 24.8. The average molecular weight is 491 g/mol. The van der Waals surface area contributed by atoms with Crippen LogP contribution >= 0.6 is 0 Å². The molecule has 2 N–H and O–H groups in total. The summed E-state index contributed by atoms with van der Waals surface area (Å²) in [5, 5.41) is 7.19. The fourth-order valence-corrected chi connectivity index (χ4v) is 4.33. The van der Waals surface area contributed by atoms with Crippen molar-refractivity contribution in [3.05, 3.63) is 83.7 Å². The Morgan fingerprint density at radius 3 is 2.44 bits per heavy atom. The second-order valence-electron chi connectivity index (χ2n) is 8.78. The van der Waals surface area contributed by atoms with Gasteiger partial charge in [0, 0.05) is 13.1 Å². The molecule has 3 aromatic rings. The van der Waals surface area contributed by atoms with E-state index in [4.69, 9.17) is 0 Å². The molecular weight excluding hydrogens is 463 g/mol. The van der Waals surface area contributed by atoms with Crippen molar-refractivity contribution < 1.29 is 23.6 Å². The van der Waals surface area contributed by atoms with Crippen molar-refractivity contribution >= 4 is 34.5 Å². The van der Waals surface area contributed by atoms with Gasteiger partial charge in [0.25, 0.3) is 5.91 Å². The van der Waals surface area contributed by atoms with Gasteiger partial charge in [0.15, 0.2) is 0 Å². The number of hydrogen-bond donors (Lipinski definition) is 2. The molecule has 1 atom stereocenters. The van der Waals surface area contributed by atoms with Crippen LogP contribution in [0.15, 0.2) is 66.7 Å². The predicted octanol–water partition coefficient (Wildman–Crippen LogP) is 2.91. The minimum atomic E-state index is -1.33. The third kappa shape index (κ3) is 4.91. The quantitative estimate of drug-likeness (QED) is 0.475. The van der Waals surface area contributed by atoms with Crippen molar-refractivity contribution in [2.24, 2.45) is 0 Å². The summed E-state index contributed by atoms with van der Waals surface area (Å²) in [5.41, 5.74) is 0.0227. The zero-order valence-corrected chi connectivity index (χ0v) is 20.1. The molecule has 0 radical (unpaired) electrons. The summed E-state index contributed by atoms with van der Waals surface area (Å²) < 4.78 is 13.0. The van der Waals surface area contributed by atoms with Crippen LogP contribution < -0.4 is 10.6 Å². The molecule has 1 saturated heterocycles. The van der Waals surface area contributed by atoms with Crippen LogP contribution in [0.4, 0.5) is 9.18 Å². The molecule has 0 aliphatic carbocycles. The van der Waals surface area contributed by atoms with Gasteiger partial charge in [-0.1, -0.05) is 54.6 Å². The Hall–Kier alpha value is -4.27. The van der Waals surface area contributed by atoms with Crippen molar-refractivity contribution in [3.63, 3.8) is 0 Å². The van der Waals surface area contributed by atoms with Gasteiger partial charge < -0.3 is 15.5 Å². The van der Waals surface area contributed by atoms with Gasteiger partial charge in [0.2, 0.25) is 11.8 Å². The van der Waals surface area contributed by atoms with E-state index in [0.29, 0.717) is 11.1 Å². The van der Waals surface area contributed by atoms with Crippen LogP contribution in [0.25, 0.3) is 10.8 Å². The molecule has 36 heavy (non-hydrogen) atoms. The van der Waals surface area contributed by atoms with Crippen LogP contribution in [0, 0.1) is 5.82 Å². The van der Waals surface area contributed by atoms with Gasteiger partial charge in [-0.15, -0.1) is 0 Å². The molecule has 0 bridgehead atoms. The standard InChI is InChI=1S/C27H27FN4O4/c1-3-31(16-23(33)29-15-18-11-13-20(28)14-12-18)24(34)17-32-25(35)27(2,30-26(32)36)22-10-6-8-19-7-4-5-9-21(19)22/h4-14H,3,15-17H2,1-2H3,(H,29,33)(H,30,36). The van der Waals surface area contributed by atoms with E-state index >= 15 is 0 Å². The van der Waals surface area contributed by atoms with Crippen molar-refractivity contribution in [2.75, 3.05) is 19.6 Å². The minimum absolute atomic E-state index is 0.182. The molecule has 9 heteroatoms. The molecule has 0 spiro atoms. The molecule has 1 unspecified atom stereocenters. The Labute approximate surface area is 208 Å². The lowest BCUT2D eigenvalue weighted by Crippen LogP contribution is -2.47. The van der Waals surface area contributed by atoms with Gasteiger partial charge in [-0.3, -0.25) is 19.3 Å². The Kier molecular flexibility index (Phi) is 7.00. The second kappa shape index (κ2) is 10.2. The van der Waals surface area contributed by atoms with Crippen LogP contribution in [0.3, 0.4) is 0 Å². The van der Waals surface area contributed by atoms with E-state index < -0.39 is 35.8 Å². The van der Waals surface area contributed by atoms with Gasteiger partial charge in [0.1, 0.15) is 17.9 Å². The SMILES string of the molecule is CCN(CC(=O)NCc1ccc(F)cc1)C(=O)CN1C(=O)NC(C)(c2cccc3ccccc23)C1=O. The molecule has 0 aromatic heterocycles. The van der Waals surface area contributed by atoms with Crippen LogP contribution in [-0.2, 0) is 26.5 Å². The first-order valence-corrected chi connectivity index (χ1v) is 11.6. The lowest BCUT2D eigenvalue weighted by Gasteiger charge is -2.25. The van der Waals surface area contributed by atoms with Gasteiger partial charge in [-0.25, -0.2) is 9.18 Å². The van der Waals surface area contributed by atoms with E-state index in [2.05, 4.69) is 10.6 Å². The highest BCUT2D eigenvalue weighted by molar-refractivity contribution is 6.11. The average Bonchev–Trinajstić information content (AvgIpc) is 3.10. The predicted molar refractivity (Wildman–Crippen MR) is 132 cm³/mol. The third-order valence-electron chi connectivity index (χ3n) is 6.37. The Bertz CT molecular complexity index is 1320. The van der Waals surface area contributed by atoms with Crippen LogP contribution in [-0.4, -0.2) is 53.2 Å². The second-order valence-corrected chi connectivity index (χ2v) is 8.78. The number of nitrogens with zero attached hydrogens (tertiary/aromatic N) is 2. The molecule has 1 fully saturated rings. The molecule has 186 valence electrons. The van der Waals surface area contributed by atoms with E-state index in [9.17, 15) is 23.6 Å². The number of urea groups is 1. The van der Waals surface area contributed by atoms with Gasteiger partial charge in [-0.05, 0) is 47.9 Å². The zero-order valence-electron chi connectivity index (χ0n) is 20.1. The van der Waals surface area contributed by atoms with Gasteiger partial charge in [0.05, 0.1) is 6.54 Å². The number of hydrogen-bond acceptors (Lipinski definition) is 4. The van der Waals surface area contributed by atoms with E-state index in [0.717, 1.165) is 15.7 Å². The smallest absolute Gasteiger partial charge is 0.325 e. The lowest BCUT2D eigenvalue weighted by molar-refractivity contribution is -0.140. The number of halogens is 1. The number of carbonyl (C=O) groups excluding carboxylic acids is 4. The summed E-state index contributed by atoms with van der Waals surface area (Å²) in [5.74, 6) is -1.84. The molecule has 5 amide bonds. The maximum Gasteiger partial charge on any atom is 0.325 e. The summed E-state index contributed by atoms with van der Waals surface area (Å²) >= 11 is 0. The monoisotopic (exact) mass is 490 g/mol. The topological polar surface area (TPSA) is 98.8 Å². The third-order valence-corrected chi connectivity index (χ3v) is 6.37. The number of amides is 5. The van der Waals surface area contributed by atoms with Gasteiger partial charge in [-0.2, -0.15) is 0 Å². The van der Waals surface area contributed by atoms with E-state index in [1.807, 2.05) is 36.4 Å². The summed E-state index contributed by atoms with van der Waals surface area (Å²) in [7, 11) is 0. The summed E-state index contributed by atoms with van der Waals surface area (Å²) in [4.78, 5) is 53.7. The van der Waals surface area contributed by atoms with Crippen LogP contribution in [0.1, 0.15) is 25.0 Å². The number of fused-ring (bicyclic) bond motifs is 1. The summed E-state index contributed by atoms with van der Waals surface area (Å²) in [6.45, 7) is 3.01. The molecule has 1 aliphatic rings.